The number of nitrogens with zero attached hydrogens (tertiary/aromatic N) is 3. The molecular weight excluding hydrogens is 634 g/mol. The maximum absolute atomic E-state index is 13.4. The molecule has 2 aromatic heterocycles. The summed E-state index contributed by atoms with van der Waals surface area (Å²) >= 11 is 5.51. The van der Waals surface area contributed by atoms with Crippen molar-refractivity contribution in [3.63, 3.8) is 0 Å². The molecule has 7 rings (SSSR count). The van der Waals surface area contributed by atoms with Gasteiger partial charge in [-0.3, -0.25) is 4.79 Å². The number of nitrogens with two attached hydrogens (primary N) is 1. The fourth-order valence-electron chi connectivity index (χ4n) is 8.62. The third kappa shape index (κ3) is 7.24. The molecule has 48 heavy (non-hydrogen) atoms. The number of imidazole rings is 2. The molecule has 4 saturated carbocycles. The molecule has 4 aliphatic carbocycles. The molecular formula is C34H47N7O6S. The van der Waals surface area contributed by atoms with Crippen LogP contribution in [0.5, 0.6) is 5.88 Å². The number of aromatic amines is 2. The number of benzene rings is 1. The number of para-hydroxylation sites is 2. The lowest BCUT2D eigenvalue weighted by Gasteiger charge is -2.56. The summed E-state index contributed by atoms with van der Waals surface area (Å²) in [4.78, 5) is 55.1. The maximum Gasteiger partial charge on any atom is 0.440 e. The molecule has 1 unspecified atom stereocenters. The summed E-state index contributed by atoms with van der Waals surface area (Å²) in [6, 6.07) is 7.24. The van der Waals surface area contributed by atoms with Crippen LogP contribution in [0.15, 0.2) is 24.3 Å². The molecule has 13 nitrogen and oxygen atoms in total. The van der Waals surface area contributed by atoms with Crippen LogP contribution in [-0.2, 0) is 32.0 Å². The molecule has 4 bridgehead atoms. The van der Waals surface area contributed by atoms with E-state index in [1.54, 1.807) is 0 Å². The van der Waals surface area contributed by atoms with Gasteiger partial charge < -0.3 is 30.4 Å². The van der Waals surface area contributed by atoms with Crippen molar-refractivity contribution in [1.29, 1.82) is 0 Å². The van der Waals surface area contributed by atoms with Crippen LogP contribution < -0.4 is 16.2 Å². The largest absolute Gasteiger partial charge is 0.492 e. The summed E-state index contributed by atoms with van der Waals surface area (Å²) in [6.45, 7) is 6.90. The zero-order valence-corrected chi connectivity index (χ0v) is 28.9. The van der Waals surface area contributed by atoms with Crippen molar-refractivity contribution >= 4 is 41.2 Å². The second-order valence-electron chi connectivity index (χ2n) is 15.4. The lowest BCUT2D eigenvalue weighted by atomic mass is 9.50. The third-order valence-corrected chi connectivity index (χ3v) is 10.8. The van der Waals surface area contributed by atoms with E-state index in [4.69, 9.17) is 27.5 Å². The minimum Gasteiger partial charge on any atom is -0.492 e. The minimum atomic E-state index is -0.917. The molecule has 3 aromatic rings. The Morgan fingerprint density at radius 1 is 1.12 bits per heavy atom. The molecule has 0 saturated heterocycles. The number of carbonyl (C=O) groups is 3. The van der Waals surface area contributed by atoms with E-state index in [2.05, 4.69) is 20.4 Å². The van der Waals surface area contributed by atoms with E-state index < -0.39 is 35.3 Å². The Labute approximate surface area is 284 Å². The van der Waals surface area contributed by atoms with Crippen molar-refractivity contribution in [2.45, 2.75) is 85.1 Å². The Kier molecular flexibility index (Phi) is 9.33. The number of aromatic hydroxyl groups is 1. The van der Waals surface area contributed by atoms with Gasteiger partial charge in [-0.25, -0.2) is 19.6 Å². The quantitative estimate of drug-likeness (QED) is 0.149. The van der Waals surface area contributed by atoms with Gasteiger partial charge in [0.15, 0.2) is 4.77 Å². The van der Waals surface area contributed by atoms with Gasteiger partial charge in [-0.2, -0.15) is 4.68 Å². The van der Waals surface area contributed by atoms with Gasteiger partial charge in [0.25, 0.3) is 0 Å². The molecule has 2 amide bonds. The zero-order chi connectivity index (χ0) is 34.4. The predicted octanol–water partition coefficient (Wildman–Crippen LogP) is 4.79. The minimum absolute atomic E-state index is 0.0277. The Morgan fingerprint density at radius 2 is 1.77 bits per heavy atom. The van der Waals surface area contributed by atoms with E-state index in [0.29, 0.717) is 24.5 Å². The molecule has 2 heterocycles. The summed E-state index contributed by atoms with van der Waals surface area (Å²) in [5.41, 5.74) is 10.0. The van der Waals surface area contributed by atoms with Crippen molar-refractivity contribution in [2.24, 2.45) is 40.2 Å². The summed E-state index contributed by atoms with van der Waals surface area (Å²) in [7, 11) is 0. The number of carbonyl (C=O) groups excluding carboxylic acids is 3. The first-order valence-electron chi connectivity index (χ1n) is 16.8. The highest BCUT2D eigenvalue weighted by atomic mass is 32.1. The van der Waals surface area contributed by atoms with Gasteiger partial charge in [-0.15, -0.1) is 5.48 Å². The summed E-state index contributed by atoms with van der Waals surface area (Å²) < 4.78 is 6.81. The smallest absolute Gasteiger partial charge is 0.440 e. The van der Waals surface area contributed by atoms with E-state index in [9.17, 15) is 19.5 Å². The molecule has 0 radical (unpaired) electrons. The Hall–Kier alpha value is -3.91. The molecule has 0 spiro atoms. The van der Waals surface area contributed by atoms with Gasteiger partial charge >= 0.3 is 12.1 Å². The van der Waals surface area contributed by atoms with Crippen LogP contribution in [0.4, 0.5) is 4.79 Å². The Morgan fingerprint density at radius 3 is 2.38 bits per heavy atom. The van der Waals surface area contributed by atoms with Crippen molar-refractivity contribution < 1.29 is 29.1 Å². The first-order valence-corrected chi connectivity index (χ1v) is 17.2. The maximum atomic E-state index is 13.4. The van der Waals surface area contributed by atoms with Crippen molar-refractivity contribution in [3.8, 4) is 5.88 Å². The number of hydrogen-bond donors (Lipinski definition) is 5. The Balaban J connectivity index is 1.08. The monoisotopic (exact) mass is 681 g/mol. The second kappa shape index (κ2) is 13.2. The van der Waals surface area contributed by atoms with Crippen LogP contribution in [0.3, 0.4) is 0 Å². The standard InChI is InChI=1S/C34H47N7O6S/c1-19(42)40(41-29(43)27(38-31(41)48)12-23(35)13-28-36-25-7-5-6-8-26(25)37-28)17-24(33(2,3)4)30(44)47-39-32(45)46-18-34-14-20-9-21(15-34)11-22(10-20)16-34/h5-8,20-24,43H,9-18,35H2,1-4H3,(H,36,37)(H,38,48)(H,39,45)/t20?,21?,22?,23-,24?,34?/m0/s1. The van der Waals surface area contributed by atoms with Gasteiger partial charge in [0.2, 0.25) is 11.8 Å². The number of ether oxygens (including phenoxy) is 1. The first-order chi connectivity index (χ1) is 22.7. The number of aromatic nitrogens is 4. The van der Waals surface area contributed by atoms with E-state index in [1.807, 2.05) is 45.0 Å². The Bertz CT molecular complexity index is 1670. The average Bonchev–Trinajstić information content (AvgIpc) is 3.52. The number of hydrogen-bond acceptors (Lipinski definition) is 9. The van der Waals surface area contributed by atoms with E-state index >= 15 is 0 Å². The number of amides is 2. The van der Waals surface area contributed by atoms with Crippen LogP contribution in [0.25, 0.3) is 11.0 Å². The van der Waals surface area contributed by atoms with Crippen LogP contribution >= 0.6 is 12.2 Å². The zero-order valence-electron chi connectivity index (χ0n) is 28.1. The predicted molar refractivity (Wildman–Crippen MR) is 181 cm³/mol. The molecule has 0 aliphatic heterocycles. The van der Waals surface area contributed by atoms with Crippen LogP contribution in [-0.4, -0.2) is 61.9 Å². The van der Waals surface area contributed by atoms with E-state index in [-0.39, 0.29) is 29.0 Å². The van der Waals surface area contributed by atoms with Crippen molar-refractivity contribution in [1.82, 2.24) is 25.1 Å². The highest BCUT2D eigenvalue weighted by molar-refractivity contribution is 7.71. The lowest BCUT2D eigenvalue weighted by Crippen LogP contribution is -2.49. The normalized spacial score (nSPS) is 24.3. The van der Waals surface area contributed by atoms with Crippen LogP contribution in [0, 0.1) is 39.3 Å². The number of hydroxylamine groups is 1. The molecule has 1 aromatic carbocycles. The molecule has 4 fully saturated rings. The van der Waals surface area contributed by atoms with Gasteiger partial charge in [0.05, 0.1) is 35.8 Å². The summed E-state index contributed by atoms with van der Waals surface area (Å²) in [6.07, 6.45) is 6.94. The SMILES string of the molecule is CC(=O)N(CC(C(=O)ONC(=O)OCC12CC3CC(CC(C3)C1)C2)C(C)(C)C)n1c(O)c(C[C@H](N)Cc2nc3ccccc3[nH]2)[nH]c1=S. The average molecular weight is 682 g/mol. The number of H-pyrrole nitrogens is 2. The van der Waals surface area contributed by atoms with Crippen molar-refractivity contribution in [3.05, 3.63) is 40.6 Å². The first kappa shape index (κ1) is 34.0. The highest BCUT2D eigenvalue weighted by Gasteiger charge is 2.51. The number of rotatable bonds is 10. The van der Waals surface area contributed by atoms with Crippen LogP contribution in [0.2, 0.25) is 0 Å². The summed E-state index contributed by atoms with van der Waals surface area (Å²) in [5, 5.41) is 12.4. The van der Waals surface area contributed by atoms with Gasteiger partial charge in [0, 0.05) is 31.2 Å². The molecule has 14 heteroatoms. The van der Waals surface area contributed by atoms with Gasteiger partial charge in [-0.1, -0.05) is 32.9 Å². The fourth-order valence-corrected chi connectivity index (χ4v) is 8.93. The highest BCUT2D eigenvalue weighted by Crippen LogP contribution is 2.60. The second-order valence-corrected chi connectivity index (χ2v) is 15.8. The molecule has 6 N–H and O–H groups in total. The fraction of sp³-hybridized carbons (Fsp3) is 0.618. The topological polar surface area (TPSA) is 181 Å². The summed E-state index contributed by atoms with van der Waals surface area (Å²) in [5.74, 6) is 0.451. The number of nitrogens with one attached hydrogen (secondary N) is 3. The molecule has 4 aliphatic rings. The van der Waals surface area contributed by atoms with E-state index in [0.717, 1.165) is 48.0 Å². The van der Waals surface area contributed by atoms with Gasteiger partial charge in [0.1, 0.15) is 5.82 Å². The third-order valence-electron chi connectivity index (χ3n) is 10.5. The van der Waals surface area contributed by atoms with Crippen LogP contribution in [0.1, 0.15) is 77.7 Å². The number of fused-ring (bicyclic) bond motifs is 1. The molecule has 2 atom stereocenters. The lowest BCUT2D eigenvalue weighted by molar-refractivity contribution is -0.159. The molecule has 260 valence electrons. The van der Waals surface area contributed by atoms with Gasteiger partial charge in [-0.05, 0) is 86.0 Å². The van der Waals surface area contributed by atoms with E-state index in [1.165, 1.54) is 35.9 Å². The van der Waals surface area contributed by atoms with Crippen molar-refractivity contribution in [2.75, 3.05) is 18.2 Å².